The van der Waals surface area contributed by atoms with E-state index < -0.39 is 12.2 Å². The van der Waals surface area contributed by atoms with Gasteiger partial charge in [0, 0.05) is 10.2 Å². The molecule has 1 aromatic rings. The molecule has 2 N–H and O–H groups in total. The van der Waals surface area contributed by atoms with E-state index in [4.69, 9.17) is 0 Å². The van der Waals surface area contributed by atoms with Gasteiger partial charge in [-0.2, -0.15) is 0 Å². The third kappa shape index (κ3) is 2.29. The Bertz CT molecular complexity index is 249. The number of halogens is 1. The van der Waals surface area contributed by atoms with Crippen molar-refractivity contribution in [2.24, 2.45) is 0 Å². The lowest BCUT2D eigenvalue weighted by Gasteiger charge is -2.12. The topological polar surface area (TPSA) is 40.5 Å². The number of thiophene rings is 1. The fourth-order valence-electron chi connectivity index (χ4n) is 0.883. The largest absolute Gasteiger partial charge is 0.389 e. The van der Waals surface area contributed by atoms with E-state index in [2.05, 4.69) is 15.9 Å². The first kappa shape index (κ1) is 10.2. The quantitative estimate of drug-likeness (QED) is 0.805. The van der Waals surface area contributed by atoms with E-state index in [1.54, 1.807) is 0 Å². The molecule has 0 fully saturated rings. The van der Waals surface area contributed by atoms with Gasteiger partial charge in [-0.05, 0) is 23.9 Å². The monoisotopic (exact) mass is 250 g/mol. The van der Waals surface area contributed by atoms with Gasteiger partial charge in [0.05, 0.1) is 6.10 Å². The second kappa shape index (κ2) is 4.37. The first-order valence-corrected chi connectivity index (χ1v) is 5.62. The lowest BCUT2D eigenvalue weighted by molar-refractivity contribution is 0.0366. The molecule has 0 aliphatic rings. The normalized spacial score (nSPS) is 16.0. The number of hydrogen-bond acceptors (Lipinski definition) is 3. The van der Waals surface area contributed by atoms with Gasteiger partial charge in [-0.1, -0.05) is 15.9 Å². The van der Waals surface area contributed by atoms with Crippen molar-refractivity contribution in [3.8, 4) is 0 Å². The van der Waals surface area contributed by atoms with Crippen molar-refractivity contribution in [3.63, 3.8) is 0 Å². The number of aliphatic hydroxyl groups excluding tert-OH is 2. The molecule has 0 saturated heterocycles. The minimum atomic E-state index is -0.761. The zero-order valence-electron chi connectivity index (χ0n) is 6.70. The van der Waals surface area contributed by atoms with Gasteiger partial charge in [-0.15, -0.1) is 11.3 Å². The van der Waals surface area contributed by atoms with Crippen LogP contribution in [0.25, 0.3) is 0 Å². The molecule has 1 rings (SSSR count). The highest BCUT2D eigenvalue weighted by atomic mass is 79.9. The van der Waals surface area contributed by atoms with E-state index in [0.29, 0.717) is 5.33 Å². The van der Waals surface area contributed by atoms with Gasteiger partial charge in [0.15, 0.2) is 0 Å². The summed E-state index contributed by atoms with van der Waals surface area (Å²) < 4.78 is 0. The summed E-state index contributed by atoms with van der Waals surface area (Å²) in [7, 11) is 0. The van der Waals surface area contributed by atoms with E-state index in [9.17, 15) is 10.2 Å². The van der Waals surface area contributed by atoms with E-state index in [-0.39, 0.29) is 0 Å². The van der Waals surface area contributed by atoms with Crippen LogP contribution >= 0.6 is 27.3 Å². The van der Waals surface area contributed by atoms with Crippen LogP contribution in [0.2, 0.25) is 0 Å². The summed E-state index contributed by atoms with van der Waals surface area (Å²) in [6.45, 7) is 1.97. The first-order valence-electron chi connectivity index (χ1n) is 3.62. The van der Waals surface area contributed by atoms with Crippen molar-refractivity contribution in [1.29, 1.82) is 0 Å². The Hall–Kier alpha value is 0.100. The summed E-state index contributed by atoms with van der Waals surface area (Å²) in [5, 5.41) is 21.2. The molecule has 0 aliphatic heterocycles. The number of aliphatic hydroxyl groups is 2. The van der Waals surface area contributed by atoms with E-state index in [1.807, 2.05) is 18.4 Å². The average Bonchev–Trinajstić information content (AvgIpc) is 2.49. The van der Waals surface area contributed by atoms with E-state index >= 15 is 0 Å². The Morgan fingerprint density at radius 2 is 2.25 bits per heavy atom. The van der Waals surface area contributed by atoms with Crippen LogP contribution in [0.3, 0.4) is 0 Å². The Kier molecular flexibility index (Phi) is 3.71. The second-order valence-electron chi connectivity index (χ2n) is 2.69. The van der Waals surface area contributed by atoms with E-state index in [1.165, 1.54) is 11.3 Å². The molecule has 68 valence electrons. The van der Waals surface area contributed by atoms with Gasteiger partial charge in [-0.25, -0.2) is 0 Å². The molecule has 0 saturated carbocycles. The molecule has 1 aromatic heterocycles. The van der Waals surface area contributed by atoms with Crippen LogP contribution < -0.4 is 0 Å². The number of hydrogen-bond donors (Lipinski definition) is 2. The molecular formula is C8H11BrO2S. The van der Waals surface area contributed by atoms with Crippen molar-refractivity contribution in [2.45, 2.75) is 19.1 Å². The highest BCUT2D eigenvalue weighted by molar-refractivity contribution is 9.09. The molecule has 4 heteroatoms. The highest BCUT2D eigenvalue weighted by Crippen LogP contribution is 2.24. The summed E-state index contributed by atoms with van der Waals surface area (Å²) in [6.07, 6.45) is -1.48. The number of rotatable bonds is 3. The standard InChI is InChI=1S/C8H11BrO2S/c1-5-2-7(12-4-5)8(11)6(10)3-9/h2,4,6,8,10-11H,3H2,1H3. The molecule has 12 heavy (non-hydrogen) atoms. The smallest absolute Gasteiger partial charge is 0.115 e. The van der Waals surface area contributed by atoms with E-state index in [0.717, 1.165) is 10.4 Å². The zero-order chi connectivity index (χ0) is 9.14. The first-order chi connectivity index (χ1) is 5.65. The SMILES string of the molecule is Cc1csc(C(O)C(O)CBr)c1. The van der Waals surface area contributed by atoms with Gasteiger partial charge in [0.25, 0.3) is 0 Å². The minimum Gasteiger partial charge on any atom is -0.389 e. The van der Waals surface area contributed by atoms with Gasteiger partial charge in [-0.3, -0.25) is 0 Å². The highest BCUT2D eigenvalue weighted by Gasteiger charge is 2.18. The van der Waals surface area contributed by atoms with Crippen molar-refractivity contribution >= 4 is 27.3 Å². The van der Waals surface area contributed by atoms with Crippen LogP contribution in [-0.4, -0.2) is 21.6 Å². The molecule has 0 amide bonds. The Labute approximate surface area is 84.0 Å². The van der Waals surface area contributed by atoms with Gasteiger partial charge in [0.1, 0.15) is 6.10 Å². The molecule has 0 radical (unpaired) electrons. The molecule has 2 unspecified atom stereocenters. The average molecular weight is 251 g/mol. The summed E-state index contributed by atoms with van der Waals surface area (Å²) in [4.78, 5) is 0.819. The van der Waals surface area contributed by atoms with Crippen molar-refractivity contribution in [3.05, 3.63) is 21.9 Å². The molecule has 0 spiro atoms. The number of alkyl halides is 1. The fourth-order valence-corrected chi connectivity index (χ4v) is 2.18. The predicted molar refractivity (Wildman–Crippen MR) is 53.8 cm³/mol. The lowest BCUT2D eigenvalue weighted by atomic mass is 10.2. The Balaban J connectivity index is 2.70. The predicted octanol–water partition coefficient (Wildman–Crippen LogP) is 1.85. The molecule has 2 atom stereocenters. The summed E-state index contributed by atoms with van der Waals surface area (Å²) in [5.41, 5.74) is 1.12. The van der Waals surface area contributed by atoms with Crippen LogP contribution in [-0.2, 0) is 0 Å². The maximum Gasteiger partial charge on any atom is 0.115 e. The van der Waals surface area contributed by atoms with Gasteiger partial charge in [0.2, 0.25) is 0 Å². The second-order valence-corrected chi connectivity index (χ2v) is 4.28. The molecule has 1 heterocycles. The molecule has 0 bridgehead atoms. The summed E-state index contributed by atoms with van der Waals surface area (Å²) in [5.74, 6) is 0. The molecule has 0 aliphatic carbocycles. The Morgan fingerprint density at radius 3 is 2.67 bits per heavy atom. The lowest BCUT2D eigenvalue weighted by Crippen LogP contribution is -2.18. The van der Waals surface area contributed by atoms with Crippen molar-refractivity contribution in [1.82, 2.24) is 0 Å². The maximum absolute atomic E-state index is 9.53. The minimum absolute atomic E-state index is 0.394. The van der Waals surface area contributed by atoms with Crippen LogP contribution in [0.1, 0.15) is 16.5 Å². The van der Waals surface area contributed by atoms with Crippen LogP contribution in [0.4, 0.5) is 0 Å². The molecular weight excluding hydrogens is 240 g/mol. The van der Waals surface area contributed by atoms with Crippen molar-refractivity contribution < 1.29 is 10.2 Å². The van der Waals surface area contributed by atoms with Gasteiger partial charge < -0.3 is 10.2 Å². The van der Waals surface area contributed by atoms with Crippen molar-refractivity contribution in [2.75, 3.05) is 5.33 Å². The zero-order valence-corrected chi connectivity index (χ0v) is 9.10. The van der Waals surface area contributed by atoms with Crippen LogP contribution in [0.15, 0.2) is 11.4 Å². The Morgan fingerprint density at radius 1 is 1.58 bits per heavy atom. The third-order valence-electron chi connectivity index (χ3n) is 1.56. The molecule has 2 nitrogen and oxygen atoms in total. The van der Waals surface area contributed by atoms with Crippen LogP contribution in [0, 0.1) is 6.92 Å². The fraction of sp³-hybridized carbons (Fsp3) is 0.500. The van der Waals surface area contributed by atoms with Crippen LogP contribution in [0.5, 0.6) is 0 Å². The number of aryl methyl sites for hydroxylation is 1. The van der Waals surface area contributed by atoms with Gasteiger partial charge >= 0.3 is 0 Å². The summed E-state index contributed by atoms with van der Waals surface area (Å²) in [6, 6.07) is 1.89. The third-order valence-corrected chi connectivity index (χ3v) is 3.35. The maximum atomic E-state index is 9.53. The summed E-state index contributed by atoms with van der Waals surface area (Å²) >= 11 is 4.58. The molecule has 0 aromatic carbocycles.